The molecular formula is C13H18FNO. The molecular weight excluding hydrogens is 205 g/mol. The van der Waals surface area contributed by atoms with Crippen LogP contribution in [0.3, 0.4) is 0 Å². The summed E-state index contributed by atoms with van der Waals surface area (Å²) in [4.78, 5) is 0. The van der Waals surface area contributed by atoms with Crippen molar-refractivity contribution in [3.63, 3.8) is 0 Å². The maximum Gasteiger partial charge on any atom is 0.127 e. The zero-order chi connectivity index (χ0) is 11.5. The monoisotopic (exact) mass is 223 g/mol. The molecule has 0 aliphatic carbocycles. The van der Waals surface area contributed by atoms with Gasteiger partial charge in [0.15, 0.2) is 0 Å². The summed E-state index contributed by atoms with van der Waals surface area (Å²) in [5, 5.41) is 3.36. The van der Waals surface area contributed by atoms with E-state index in [1.165, 1.54) is 0 Å². The minimum atomic E-state index is -0.0584. The van der Waals surface area contributed by atoms with Gasteiger partial charge in [-0.1, -0.05) is 13.0 Å². The second kappa shape index (κ2) is 4.93. The molecule has 1 aliphatic heterocycles. The standard InChI is InChI=1S/C13H18FNO/c1-3-9-6-11-10(12(14)7-9)4-5-15-13(11)8-16-2/h6-7,13,15H,3-5,8H2,1-2H3. The van der Waals surface area contributed by atoms with Gasteiger partial charge in [-0.3, -0.25) is 0 Å². The molecule has 0 radical (unpaired) electrons. The summed E-state index contributed by atoms with van der Waals surface area (Å²) in [7, 11) is 1.68. The van der Waals surface area contributed by atoms with Crippen LogP contribution in [0.5, 0.6) is 0 Å². The smallest absolute Gasteiger partial charge is 0.127 e. The SMILES string of the molecule is CCc1cc(F)c2c(c1)C(COC)NCC2. The van der Waals surface area contributed by atoms with Crippen LogP contribution in [0.1, 0.15) is 29.7 Å². The maximum atomic E-state index is 13.9. The van der Waals surface area contributed by atoms with Crippen molar-refractivity contribution in [2.24, 2.45) is 0 Å². The number of methoxy groups -OCH3 is 1. The van der Waals surface area contributed by atoms with E-state index in [1.54, 1.807) is 13.2 Å². The van der Waals surface area contributed by atoms with E-state index >= 15 is 0 Å². The molecule has 16 heavy (non-hydrogen) atoms. The number of benzene rings is 1. The lowest BCUT2D eigenvalue weighted by Crippen LogP contribution is -2.33. The fourth-order valence-corrected chi connectivity index (χ4v) is 2.29. The minimum absolute atomic E-state index is 0.0584. The lowest BCUT2D eigenvalue weighted by atomic mass is 9.91. The van der Waals surface area contributed by atoms with E-state index in [4.69, 9.17) is 4.74 Å². The Bertz CT molecular complexity index is 378. The van der Waals surface area contributed by atoms with Crippen molar-refractivity contribution in [2.75, 3.05) is 20.3 Å². The Labute approximate surface area is 95.8 Å². The highest BCUT2D eigenvalue weighted by molar-refractivity contribution is 5.37. The molecule has 0 amide bonds. The third kappa shape index (κ3) is 2.11. The topological polar surface area (TPSA) is 21.3 Å². The normalized spacial score (nSPS) is 19.6. The molecule has 1 aromatic carbocycles. The predicted octanol–water partition coefficient (Wildman–Crippen LogP) is 2.22. The average molecular weight is 223 g/mol. The van der Waals surface area contributed by atoms with Gasteiger partial charge in [0.05, 0.1) is 12.6 Å². The Morgan fingerprint density at radius 2 is 2.31 bits per heavy atom. The molecule has 1 atom stereocenters. The van der Waals surface area contributed by atoms with E-state index in [1.807, 2.05) is 6.92 Å². The number of aryl methyl sites for hydroxylation is 1. The zero-order valence-corrected chi connectivity index (χ0v) is 9.85. The number of hydrogen-bond acceptors (Lipinski definition) is 2. The van der Waals surface area contributed by atoms with Gasteiger partial charge in [-0.25, -0.2) is 4.39 Å². The summed E-state index contributed by atoms with van der Waals surface area (Å²) in [5.74, 6) is -0.0584. The summed E-state index contributed by atoms with van der Waals surface area (Å²) in [6.45, 7) is 3.46. The highest BCUT2D eigenvalue weighted by atomic mass is 19.1. The van der Waals surface area contributed by atoms with Crippen molar-refractivity contribution in [1.29, 1.82) is 0 Å². The fraction of sp³-hybridized carbons (Fsp3) is 0.538. The Kier molecular flexibility index (Phi) is 3.56. The molecule has 0 bridgehead atoms. The van der Waals surface area contributed by atoms with Crippen LogP contribution in [-0.4, -0.2) is 20.3 Å². The van der Waals surface area contributed by atoms with Crippen LogP contribution in [0.4, 0.5) is 4.39 Å². The Morgan fingerprint density at radius 3 is 3.00 bits per heavy atom. The first-order valence-corrected chi connectivity index (χ1v) is 5.79. The lowest BCUT2D eigenvalue weighted by molar-refractivity contribution is 0.164. The third-order valence-corrected chi connectivity index (χ3v) is 3.17. The molecule has 0 aromatic heterocycles. The molecule has 2 rings (SSSR count). The number of nitrogens with one attached hydrogen (secondary N) is 1. The first-order valence-electron chi connectivity index (χ1n) is 5.79. The van der Waals surface area contributed by atoms with Gasteiger partial charge < -0.3 is 10.1 Å². The van der Waals surface area contributed by atoms with Gasteiger partial charge in [0.2, 0.25) is 0 Å². The second-order valence-electron chi connectivity index (χ2n) is 4.21. The van der Waals surface area contributed by atoms with Crippen molar-refractivity contribution in [3.05, 3.63) is 34.6 Å². The number of rotatable bonds is 3. The van der Waals surface area contributed by atoms with Crippen molar-refractivity contribution in [1.82, 2.24) is 5.32 Å². The number of halogens is 1. The van der Waals surface area contributed by atoms with Gasteiger partial charge in [0.25, 0.3) is 0 Å². The van der Waals surface area contributed by atoms with Crippen molar-refractivity contribution >= 4 is 0 Å². The molecule has 0 saturated carbocycles. The number of ether oxygens (including phenoxy) is 1. The molecule has 0 saturated heterocycles. The van der Waals surface area contributed by atoms with Crippen molar-refractivity contribution in [2.45, 2.75) is 25.8 Å². The van der Waals surface area contributed by atoms with Crippen molar-refractivity contribution in [3.8, 4) is 0 Å². The van der Waals surface area contributed by atoms with Crippen LogP contribution in [0.25, 0.3) is 0 Å². The summed E-state index contributed by atoms with van der Waals surface area (Å²) >= 11 is 0. The first-order chi connectivity index (χ1) is 7.76. The molecule has 2 nitrogen and oxygen atoms in total. The van der Waals surface area contributed by atoms with Crippen LogP contribution in [0.2, 0.25) is 0 Å². The average Bonchev–Trinajstić information content (AvgIpc) is 2.30. The minimum Gasteiger partial charge on any atom is -0.383 e. The highest BCUT2D eigenvalue weighted by Crippen LogP contribution is 2.27. The lowest BCUT2D eigenvalue weighted by Gasteiger charge is -2.27. The molecule has 1 aliphatic rings. The van der Waals surface area contributed by atoms with E-state index in [-0.39, 0.29) is 11.9 Å². The molecule has 0 spiro atoms. The number of fused-ring (bicyclic) bond motifs is 1. The summed E-state index contributed by atoms with van der Waals surface area (Å²) in [6, 6.07) is 3.90. The fourth-order valence-electron chi connectivity index (χ4n) is 2.29. The van der Waals surface area contributed by atoms with Gasteiger partial charge in [-0.15, -0.1) is 0 Å². The van der Waals surface area contributed by atoms with E-state index in [0.29, 0.717) is 6.61 Å². The summed E-state index contributed by atoms with van der Waals surface area (Å²) in [6.07, 6.45) is 1.63. The molecule has 1 unspecified atom stereocenters. The molecule has 0 fully saturated rings. The van der Waals surface area contributed by atoms with Crippen LogP contribution in [-0.2, 0) is 17.6 Å². The van der Waals surface area contributed by atoms with E-state index in [0.717, 1.165) is 36.1 Å². The van der Waals surface area contributed by atoms with Crippen LogP contribution in [0, 0.1) is 5.82 Å². The quantitative estimate of drug-likeness (QED) is 0.848. The van der Waals surface area contributed by atoms with Gasteiger partial charge in [0.1, 0.15) is 5.82 Å². The molecule has 1 N–H and O–H groups in total. The third-order valence-electron chi connectivity index (χ3n) is 3.17. The van der Waals surface area contributed by atoms with Crippen LogP contribution >= 0.6 is 0 Å². The zero-order valence-electron chi connectivity index (χ0n) is 9.85. The maximum absolute atomic E-state index is 13.9. The molecule has 1 aromatic rings. The van der Waals surface area contributed by atoms with Gasteiger partial charge in [-0.05, 0) is 42.1 Å². The molecule has 1 heterocycles. The number of hydrogen-bond donors (Lipinski definition) is 1. The highest BCUT2D eigenvalue weighted by Gasteiger charge is 2.22. The van der Waals surface area contributed by atoms with Crippen LogP contribution < -0.4 is 5.32 Å². The van der Waals surface area contributed by atoms with Gasteiger partial charge in [0, 0.05) is 7.11 Å². The molecule has 88 valence electrons. The predicted molar refractivity (Wildman–Crippen MR) is 62.1 cm³/mol. The Balaban J connectivity index is 2.41. The van der Waals surface area contributed by atoms with Crippen molar-refractivity contribution < 1.29 is 9.13 Å². The second-order valence-corrected chi connectivity index (χ2v) is 4.21. The van der Waals surface area contributed by atoms with E-state index in [9.17, 15) is 4.39 Å². The van der Waals surface area contributed by atoms with Gasteiger partial charge >= 0.3 is 0 Å². The van der Waals surface area contributed by atoms with E-state index in [2.05, 4.69) is 11.4 Å². The summed E-state index contributed by atoms with van der Waals surface area (Å²) < 4.78 is 19.0. The largest absolute Gasteiger partial charge is 0.383 e. The Hall–Kier alpha value is -0.930. The Morgan fingerprint density at radius 1 is 1.50 bits per heavy atom. The van der Waals surface area contributed by atoms with E-state index < -0.39 is 0 Å². The molecule has 3 heteroatoms. The summed E-state index contributed by atoms with van der Waals surface area (Å²) in [5.41, 5.74) is 2.99. The van der Waals surface area contributed by atoms with Gasteiger partial charge in [-0.2, -0.15) is 0 Å². The van der Waals surface area contributed by atoms with Crippen LogP contribution in [0.15, 0.2) is 12.1 Å². The first kappa shape index (κ1) is 11.6.